The highest BCUT2D eigenvalue weighted by atomic mass is 19.4. The molecule has 0 aliphatic heterocycles. The molecular weight excluding hydrogens is 217 g/mol. The van der Waals surface area contributed by atoms with Crippen molar-refractivity contribution in [3.8, 4) is 0 Å². The van der Waals surface area contributed by atoms with Crippen molar-refractivity contribution >= 4 is 0 Å². The van der Waals surface area contributed by atoms with Crippen LogP contribution in [0.2, 0.25) is 0 Å². The number of rotatable bonds is 1. The van der Waals surface area contributed by atoms with Gasteiger partial charge in [0.25, 0.3) is 0 Å². The van der Waals surface area contributed by atoms with E-state index in [0.717, 1.165) is 17.7 Å². The molecule has 90 valence electrons. The topological polar surface area (TPSA) is 20.2 Å². The summed E-state index contributed by atoms with van der Waals surface area (Å²) in [6.07, 6.45) is -4.36. The van der Waals surface area contributed by atoms with Crippen LogP contribution in [0.4, 0.5) is 13.2 Å². The number of benzene rings is 1. The van der Waals surface area contributed by atoms with E-state index in [1.165, 1.54) is 6.07 Å². The van der Waals surface area contributed by atoms with Crippen molar-refractivity contribution in [2.45, 2.75) is 39.0 Å². The lowest BCUT2D eigenvalue weighted by atomic mass is 9.83. The molecular formula is C12H15F3O. The number of alkyl halides is 3. The smallest absolute Gasteiger partial charge is 0.392 e. The first-order valence-electron chi connectivity index (χ1n) is 4.97. The quantitative estimate of drug-likeness (QED) is 0.785. The van der Waals surface area contributed by atoms with Gasteiger partial charge in [0.15, 0.2) is 0 Å². The summed E-state index contributed by atoms with van der Waals surface area (Å²) in [5, 5.41) is 9.10. The standard InChI is InChI=1S/C12H15F3O/c1-11(2,3)10-5-4-9(12(13,14)15)6-8(10)7-16/h4-6,16H,7H2,1-3H3. The van der Waals surface area contributed by atoms with E-state index in [2.05, 4.69) is 0 Å². The molecule has 1 rings (SSSR count). The molecule has 0 amide bonds. The second-order valence-corrected chi connectivity index (χ2v) is 4.78. The minimum absolute atomic E-state index is 0.276. The van der Waals surface area contributed by atoms with Crippen molar-refractivity contribution in [2.75, 3.05) is 0 Å². The Bertz CT molecular complexity index is 375. The van der Waals surface area contributed by atoms with Crippen molar-refractivity contribution in [2.24, 2.45) is 0 Å². The van der Waals surface area contributed by atoms with E-state index in [1.54, 1.807) is 0 Å². The molecule has 0 saturated carbocycles. The zero-order chi connectivity index (χ0) is 12.6. The summed E-state index contributed by atoms with van der Waals surface area (Å²) in [6, 6.07) is 3.51. The molecule has 0 atom stereocenters. The first-order valence-corrected chi connectivity index (χ1v) is 4.97. The Hall–Kier alpha value is -1.03. The fraction of sp³-hybridized carbons (Fsp3) is 0.500. The highest BCUT2D eigenvalue weighted by Gasteiger charge is 2.31. The number of hydrogen-bond acceptors (Lipinski definition) is 1. The van der Waals surface area contributed by atoms with Crippen LogP contribution in [0, 0.1) is 0 Å². The Morgan fingerprint density at radius 3 is 2.06 bits per heavy atom. The van der Waals surface area contributed by atoms with E-state index >= 15 is 0 Å². The van der Waals surface area contributed by atoms with Gasteiger partial charge in [-0.2, -0.15) is 13.2 Å². The zero-order valence-corrected chi connectivity index (χ0v) is 9.52. The molecule has 0 bridgehead atoms. The van der Waals surface area contributed by atoms with Gasteiger partial charge < -0.3 is 5.11 Å². The van der Waals surface area contributed by atoms with Crippen LogP contribution < -0.4 is 0 Å². The first kappa shape index (κ1) is 13.0. The molecule has 0 aliphatic rings. The van der Waals surface area contributed by atoms with Crippen LogP contribution in [0.5, 0.6) is 0 Å². The summed E-state index contributed by atoms with van der Waals surface area (Å²) in [5.41, 5.74) is 0.0808. The van der Waals surface area contributed by atoms with Crippen molar-refractivity contribution in [3.05, 3.63) is 34.9 Å². The van der Waals surface area contributed by atoms with Crippen molar-refractivity contribution < 1.29 is 18.3 Å². The van der Waals surface area contributed by atoms with Gasteiger partial charge in [0.2, 0.25) is 0 Å². The van der Waals surface area contributed by atoms with Crippen molar-refractivity contribution in [1.29, 1.82) is 0 Å². The van der Waals surface area contributed by atoms with Crippen molar-refractivity contribution in [1.82, 2.24) is 0 Å². The fourth-order valence-electron chi connectivity index (χ4n) is 1.63. The van der Waals surface area contributed by atoms with Gasteiger partial charge in [-0.25, -0.2) is 0 Å². The second-order valence-electron chi connectivity index (χ2n) is 4.78. The van der Waals surface area contributed by atoms with Crippen LogP contribution in [0.1, 0.15) is 37.5 Å². The monoisotopic (exact) mass is 232 g/mol. The van der Waals surface area contributed by atoms with Gasteiger partial charge in [-0.1, -0.05) is 26.8 Å². The zero-order valence-electron chi connectivity index (χ0n) is 9.52. The average molecular weight is 232 g/mol. The third-order valence-corrected chi connectivity index (χ3v) is 2.41. The van der Waals surface area contributed by atoms with Crippen LogP contribution in [0.3, 0.4) is 0 Å². The lowest BCUT2D eigenvalue weighted by Gasteiger charge is -2.23. The Kier molecular flexibility index (Phi) is 3.33. The van der Waals surface area contributed by atoms with Crippen LogP contribution in [-0.2, 0) is 18.2 Å². The summed E-state index contributed by atoms with van der Waals surface area (Å²) in [6.45, 7) is 5.31. The summed E-state index contributed by atoms with van der Waals surface area (Å²) in [7, 11) is 0. The van der Waals surface area contributed by atoms with Gasteiger partial charge in [-0.05, 0) is 28.7 Å². The number of aliphatic hydroxyl groups excluding tert-OH is 1. The predicted octanol–water partition coefficient (Wildman–Crippen LogP) is 3.50. The largest absolute Gasteiger partial charge is 0.416 e. The number of aliphatic hydroxyl groups is 1. The normalized spacial score (nSPS) is 12.9. The number of halogens is 3. The third kappa shape index (κ3) is 2.76. The molecule has 0 heterocycles. The maximum atomic E-state index is 12.5. The molecule has 1 aromatic rings. The Morgan fingerprint density at radius 2 is 1.69 bits per heavy atom. The third-order valence-electron chi connectivity index (χ3n) is 2.41. The maximum Gasteiger partial charge on any atom is 0.416 e. The summed E-state index contributed by atoms with van der Waals surface area (Å²) < 4.78 is 37.4. The van der Waals surface area contributed by atoms with Gasteiger partial charge in [-0.3, -0.25) is 0 Å². The average Bonchev–Trinajstić information content (AvgIpc) is 2.14. The Morgan fingerprint density at radius 1 is 1.12 bits per heavy atom. The van der Waals surface area contributed by atoms with Gasteiger partial charge >= 0.3 is 6.18 Å². The van der Waals surface area contributed by atoms with E-state index in [1.807, 2.05) is 20.8 Å². The maximum absolute atomic E-state index is 12.5. The minimum atomic E-state index is -4.36. The molecule has 16 heavy (non-hydrogen) atoms. The van der Waals surface area contributed by atoms with E-state index in [-0.39, 0.29) is 12.0 Å². The summed E-state index contributed by atoms with van der Waals surface area (Å²) in [4.78, 5) is 0. The van der Waals surface area contributed by atoms with Gasteiger partial charge in [0.05, 0.1) is 12.2 Å². The molecule has 0 spiro atoms. The highest BCUT2D eigenvalue weighted by Crippen LogP contribution is 2.33. The molecule has 0 aromatic heterocycles. The fourth-order valence-corrected chi connectivity index (χ4v) is 1.63. The first-order chi connectivity index (χ1) is 7.16. The van der Waals surface area contributed by atoms with E-state index in [0.29, 0.717) is 5.56 Å². The highest BCUT2D eigenvalue weighted by molar-refractivity contribution is 5.37. The molecule has 1 nitrogen and oxygen atoms in total. The minimum Gasteiger partial charge on any atom is -0.392 e. The van der Waals surface area contributed by atoms with Gasteiger partial charge in [-0.15, -0.1) is 0 Å². The van der Waals surface area contributed by atoms with Gasteiger partial charge in [0, 0.05) is 0 Å². The molecule has 4 heteroatoms. The molecule has 0 saturated heterocycles. The summed E-state index contributed by atoms with van der Waals surface area (Å²) in [5.74, 6) is 0. The molecule has 0 radical (unpaired) electrons. The predicted molar refractivity (Wildman–Crippen MR) is 56.1 cm³/mol. The lowest BCUT2D eigenvalue weighted by molar-refractivity contribution is -0.137. The number of hydrogen-bond donors (Lipinski definition) is 1. The molecule has 1 N–H and O–H groups in total. The second kappa shape index (κ2) is 4.09. The SMILES string of the molecule is CC(C)(C)c1ccc(C(F)(F)F)cc1CO. The van der Waals surface area contributed by atoms with Crippen LogP contribution >= 0.6 is 0 Å². The van der Waals surface area contributed by atoms with Crippen LogP contribution in [-0.4, -0.2) is 5.11 Å². The Labute approximate surface area is 92.9 Å². The van der Waals surface area contributed by atoms with E-state index in [9.17, 15) is 13.2 Å². The van der Waals surface area contributed by atoms with E-state index in [4.69, 9.17) is 5.11 Å². The Balaban J connectivity index is 3.28. The van der Waals surface area contributed by atoms with E-state index < -0.39 is 11.7 Å². The molecule has 0 aliphatic carbocycles. The molecule has 1 aromatic carbocycles. The van der Waals surface area contributed by atoms with Gasteiger partial charge in [0.1, 0.15) is 0 Å². The molecule has 0 unspecified atom stereocenters. The van der Waals surface area contributed by atoms with Crippen LogP contribution in [0.15, 0.2) is 18.2 Å². The van der Waals surface area contributed by atoms with Crippen LogP contribution in [0.25, 0.3) is 0 Å². The molecule has 0 fully saturated rings. The lowest BCUT2D eigenvalue weighted by Crippen LogP contribution is -2.16. The summed E-state index contributed by atoms with van der Waals surface area (Å²) >= 11 is 0. The van der Waals surface area contributed by atoms with Crippen molar-refractivity contribution in [3.63, 3.8) is 0 Å².